The van der Waals surface area contributed by atoms with Crippen LogP contribution in [-0.2, 0) is 7.05 Å². The van der Waals surface area contributed by atoms with Gasteiger partial charge in [-0.1, -0.05) is 0 Å². The van der Waals surface area contributed by atoms with Gasteiger partial charge in [-0.3, -0.25) is 10.2 Å². The molecule has 0 fully saturated rings. The third-order valence-electron chi connectivity index (χ3n) is 2.19. The highest BCUT2D eigenvalue weighted by Gasteiger charge is 2.19. The summed E-state index contributed by atoms with van der Waals surface area (Å²) < 4.78 is 1.20. The van der Waals surface area contributed by atoms with Crippen molar-refractivity contribution in [3.05, 3.63) is 27.9 Å². The fourth-order valence-electron chi connectivity index (χ4n) is 1.31. The molecule has 1 aromatic heterocycles. The monoisotopic (exact) mass is 239 g/mol. The molecule has 0 aliphatic heterocycles. The molecule has 1 amide bonds. The molecule has 1 rings (SSSR count). The van der Waals surface area contributed by atoms with Gasteiger partial charge >= 0.3 is 5.82 Å². The Kier molecular flexibility index (Phi) is 3.81. The molecular weight excluding hydrogens is 226 g/mol. The van der Waals surface area contributed by atoms with Crippen LogP contribution in [0.3, 0.4) is 0 Å². The molecule has 8 nitrogen and oxygen atoms in total. The molecule has 0 saturated heterocycles. The number of amidine groups is 1. The lowest BCUT2D eigenvalue weighted by atomic mass is 10.3. The minimum Gasteiger partial charge on any atom is -0.388 e. The first-order chi connectivity index (χ1) is 7.93. The number of nitrogens with zero attached hydrogens (tertiary/aromatic N) is 2. The number of amides is 1. The smallest absolute Gasteiger partial charge is 0.323 e. The molecule has 0 aliphatic rings. The Balaban J connectivity index is 2.70. The number of hydrogen-bond donors (Lipinski definition) is 3. The van der Waals surface area contributed by atoms with Crippen LogP contribution in [0.1, 0.15) is 16.9 Å². The average molecular weight is 239 g/mol. The molecule has 0 aliphatic carbocycles. The Morgan fingerprint density at radius 2 is 2.29 bits per heavy atom. The van der Waals surface area contributed by atoms with Gasteiger partial charge in [0.15, 0.2) is 5.69 Å². The van der Waals surface area contributed by atoms with Gasteiger partial charge < -0.3 is 21.2 Å². The Bertz CT molecular complexity index is 465. The first-order valence-electron chi connectivity index (χ1n) is 4.84. The zero-order valence-corrected chi connectivity index (χ0v) is 9.27. The van der Waals surface area contributed by atoms with E-state index in [2.05, 4.69) is 5.32 Å². The second kappa shape index (κ2) is 5.10. The fourth-order valence-corrected chi connectivity index (χ4v) is 1.31. The quantitative estimate of drug-likeness (QED) is 0.289. The third-order valence-corrected chi connectivity index (χ3v) is 2.19. The van der Waals surface area contributed by atoms with Crippen LogP contribution in [0.5, 0.6) is 0 Å². The molecule has 0 radical (unpaired) electrons. The number of rotatable bonds is 5. The van der Waals surface area contributed by atoms with Crippen LogP contribution >= 0.6 is 0 Å². The minimum absolute atomic E-state index is 0.0249. The minimum atomic E-state index is -0.563. The van der Waals surface area contributed by atoms with Gasteiger partial charge in [0.05, 0.1) is 12.9 Å². The van der Waals surface area contributed by atoms with Crippen molar-refractivity contribution in [1.29, 1.82) is 5.41 Å². The van der Waals surface area contributed by atoms with E-state index in [0.717, 1.165) is 0 Å². The number of nitrogens with one attached hydrogen (secondary N) is 2. The largest absolute Gasteiger partial charge is 0.388 e. The van der Waals surface area contributed by atoms with E-state index in [1.165, 1.54) is 23.7 Å². The van der Waals surface area contributed by atoms with Gasteiger partial charge in [0.1, 0.15) is 0 Å². The number of nitro groups is 1. The van der Waals surface area contributed by atoms with Crippen molar-refractivity contribution in [2.45, 2.75) is 6.42 Å². The summed E-state index contributed by atoms with van der Waals surface area (Å²) in [6, 6.07) is 2.64. The van der Waals surface area contributed by atoms with Gasteiger partial charge in [-0.2, -0.15) is 0 Å². The number of carbonyl (C=O) groups is 1. The van der Waals surface area contributed by atoms with Crippen LogP contribution in [0, 0.1) is 15.5 Å². The standard InChI is InChI=1S/C9H13N5O3/c1-13-6(2-3-8(13)14(16)17)9(15)12-5-4-7(10)11/h2-3H,4-5H2,1H3,(H3,10,11)(H,12,15). The van der Waals surface area contributed by atoms with Crippen LogP contribution in [0.25, 0.3) is 0 Å². The van der Waals surface area contributed by atoms with E-state index in [-0.39, 0.29) is 30.3 Å². The number of nitrogens with two attached hydrogens (primary N) is 1. The molecule has 0 aromatic carbocycles. The van der Waals surface area contributed by atoms with Crippen molar-refractivity contribution in [3.63, 3.8) is 0 Å². The highest BCUT2D eigenvalue weighted by molar-refractivity contribution is 5.93. The SMILES string of the molecule is Cn1c(C(=O)NCCC(=N)N)ccc1[N+](=O)[O-]. The normalized spacial score (nSPS) is 9.94. The lowest BCUT2D eigenvalue weighted by molar-refractivity contribution is -0.391. The van der Waals surface area contributed by atoms with Crippen molar-refractivity contribution in [3.8, 4) is 0 Å². The fraction of sp³-hybridized carbons (Fsp3) is 0.333. The summed E-state index contributed by atoms with van der Waals surface area (Å²) in [5.41, 5.74) is 5.32. The van der Waals surface area contributed by atoms with E-state index in [0.29, 0.717) is 0 Å². The molecular formula is C9H13N5O3. The molecule has 0 spiro atoms. The first kappa shape index (κ1) is 12.7. The van der Waals surface area contributed by atoms with Gasteiger partial charge in [-0.15, -0.1) is 0 Å². The van der Waals surface area contributed by atoms with E-state index in [4.69, 9.17) is 11.1 Å². The van der Waals surface area contributed by atoms with Crippen molar-refractivity contribution in [1.82, 2.24) is 9.88 Å². The maximum Gasteiger partial charge on any atom is 0.323 e. The average Bonchev–Trinajstić information content (AvgIpc) is 2.59. The Labute approximate surface area is 97.1 Å². The van der Waals surface area contributed by atoms with E-state index >= 15 is 0 Å². The van der Waals surface area contributed by atoms with E-state index in [1.807, 2.05) is 0 Å². The molecule has 92 valence electrons. The summed E-state index contributed by atoms with van der Waals surface area (Å²) in [6.07, 6.45) is 0.248. The van der Waals surface area contributed by atoms with Gasteiger partial charge in [-0.25, -0.2) is 4.57 Å². The number of carbonyl (C=O) groups excluding carboxylic acids is 1. The topological polar surface area (TPSA) is 127 Å². The zero-order chi connectivity index (χ0) is 13.0. The second-order valence-corrected chi connectivity index (χ2v) is 3.42. The van der Waals surface area contributed by atoms with Gasteiger partial charge in [0, 0.05) is 19.0 Å². The highest BCUT2D eigenvalue weighted by Crippen LogP contribution is 2.14. The molecule has 17 heavy (non-hydrogen) atoms. The van der Waals surface area contributed by atoms with Gasteiger partial charge in [0.2, 0.25) is 0 Å². The summed E-state index contributed by atoms with van der Waals surface area (Å²) in [5.74, 6) is -0.605. The first-order valence-corrected chi connectivity index (χ1v) is 4.84. The van der Waals surface area contributed by atoms with Crippen LogP contribution in [0.4, 0.5) is 5.82 Å². The number of hydrogen-bond acceptors (Lipinski definition) is 4. The summed E-state index contributed by atoms with van der Waals surface area (Å²) in [7, 11) is 1.44. The molecule has 1 heterocycles. The van der Waals surface area contributed by atoms with Crippen molar-refractivity contribution in [2.75, 3.05) is 6.54 Å². The number of aromatic nitrogens is 1. The zero-order valence-electron chi connectivity index (χ0n) is 9.27. The molecule has 0 atom stereocenters. The van der Waals surface area contributed by atoms with Crippen LogP contribution in [-0.4, -0.2) is 27.8 Å². The predicted octanol–water partition coefficient (Wildman–Crippen LogP) is -0.0108. The highest BCUT2D eigenvalue weighted by atomic mass is 16.6. The van der Waals surface area contributed by atoms with E-state index in [1.54, 1.807) is 0 Å². The molecule has 8 heteroatoms. The van der Waals surface area contributed by atoms with E-state index < -0.39 is 10.8 Å². The molecule has 4 N–H and O–H groups in total. The summed E-state index contributed by atoms with van der Waals surface area (Å²) in [4.78, 5) is 21.6. The van der Waals surface area contributed by atoms with Crippen LogP contribution in [0.2, 0.25) is 0 Å². The van der Waals surface area contributed by atoms with Gasteiger partial charge in [-0.05, 0) is 11.0 Å². The van der Waals surface area contributed by atoms with Crippen LogP contribution < -0.4 is 11.1 Å². The maximum atomic E-state index is 11.6. The summed E-state index contributed by atoms with van der Waals surface area (Å²) in [6.45, 7) is 0.229. The molecule has 0 unspecified atom stereocenters. The molecule has 0 bridgehead atoms. The Morgan fingerprint density at radius 3 is 2.76 bits per heavy atom. The predicted molar refractivity (Wildman–Crippen MR) is 60.9 cm³/mol. The summed E-state index contributed by atoms with van der Waals surface area (Å²) >= 11 is 0. The lowest BCUT2D eigenvalue weighted by Gasteiger charge is -2.03. The Hall–Kier alpha value is -2.38. The Morgan fingerprint density at radius 1 is 1.65 bits per heavy atom. The van der Waals surface area contributed by atoms with Gasteiger partial charge in [0.25, 0.3) is 5.91 Å². The van der Waals surface area contributed by atoms with Crippen LogP contribution in [0.15, 0.2) is 12.1 Å². The summed E-state index contributed by atoms with van der Waals surface area (Å²) in [5, 5.41) is 20.1. The third kappa shape index (κ3) is 3.03. The van der Waals surface area contributed by atoms with E-state index in [9.17, 15) is 14.9 Å². The lowest BCUT2D eigenvalue weighted by Crippen LogP contribution is -2.29. The molecule has 1 aromatic rings. The molecule has 0 saturated carbocycles. The maximum absolute atomic E-state index is 11.6. The van der Waals surface area contributed by atoms with Crippen molar-refractivity contribution >= 4 is 17.6 Å². The second-order valence-electron chi connectivity index (χ2n) is 3.42. The van der Waals surface area contributed by atoms with Crippen molar-refractivity contribution < 1.29 is 9.72 Å². The van der Waals surface area contributed by atoms with Crippen molar-refractivity contribution in [2.24, 2.45) is 12.8 Å².